The van der Waals surface area contributed by atoms with Crippen molar-refractivity contribution in [2.24, 2.45) is 0 Å². The Morgan fingerprint density at radius 1 is 1.00 bits per heavy atom. The smallest absolute Gasteiger partial charge is 0.351 e. The molecular formula is C18H19F3N2O5S2. The summed E-state index contributed by atoms with van der Waals surface area (Å²) >= 11 is 0. The van der Waals surface area contributed by atoms with E-state index in [1.165, 1.54) is 31.2 Å². The first-order valence-electron chi connectivity index (χ1n) is 8.47. The molecule has 0 spiro atoms. The number of carbonyl (C=O) groups excluding carboxylic acids is 1. The van der Waals surface area contributed by atoms with Crippen molar-refractivity contribution in [3.05, 3.63) is 59.7 Å². The average molecular weight is 464 g/mol. The minimum absolute atomic E-state index is 0.0336. The van der Waals surface area contributed by atoms with Crippen LogP contribution in [0.2, 0.25) is 0 Å². The van der Waals surface area contributed by atoms with E-state index in [1.807, 2.05) is 4.72 Å². The third-order valence-corrected chi connectivity index (χ3v) is 6.75. The van der Waals surface area contributed by atoms with Crippen molar-refractivity contribution in [3.63, 3.8) is 0 Å². The predicted molar refractivity (Wildman–Crippen MR) is 103 cm³/mol. The van der Waals surface area contributed by atoms with E-state index < -0.39 is 48.4 Å². The molecule has 0 aromatic heterocycles. The number of amides is 1. The molecular weight excluding hydrogens is 445 g/mol. The van der Waals surface area contributed by atoms with Gasteiger partial charge in [-0.15, -0.1) is 0 Å². The van der Waals surface area contributed by atoms with Gasteiger partial charge >= 0.3 is 6.18 Å². The van der Waals surface area contributed by atoms with Crippen LogP contribution in [-0.2, 0) is 37.4 Å². The van der Waals surface area contributed by atoms with Crippen LogP contribution in [0.4, 0.5) is 13.2 Å². The largest absolute Gasteiger partial charge is 0.417 e. The number of sulfone groups is 1. The quantitative estimate of drug-likeness (QED) is 0.652. The average Bonchev–Trinajstić information content (AvgIpc) is 2.64. The number of benzene rings is 2. The Hall–Kier alpha value is -2.44. The van der Waals surface area contributed by atoms with Crippen molar-refractivity contribution >= 4 is 25.8 Å². The number of alkyl halides is 3. The Balaban J connectivity index is 2.07. The molecule has 0 saturated carbocycles. The van der Waals surface area contributed by atoms with Crippen LogP contribution in [-0.4, -0.2) is 35.0 Å². The first kappa shape index (κ1) is 23.8. The summed E-state index contributed by atoms with van der Waals surface area (Å²) in [4.78, 5) is 11.3. The van der Waals surface area contributed by atoms with E-state index >= 15 is 0 Å². The molecule has 2 aromatic rings. The number of hydrogen-bond acceptors (Lipinski definition) is 5. The highest BCUT2D eigenvalue weighted by atomic mass is 32.2. The second-order valence-electron chi connectivity index (χ2n) is 6.47. The van der Waals surface area contributed by atoms with Gasteiger partial charge in [0.1, 0.15) is 0 Å². The van der Waals surface area contributed by atoms with Crippen LogP contribution in [0, 0.1) is 0 Å². The minimum Gasteiger partial charge on any atom is -0.351 e. The summed E-state index contributed by atoms with van der Waals surface area (Å²) in [5, 5.41) is 2.44. The molecule has 12 heteroatoms. The Labute approximate surface area is 172 Å². The van der Waals surface area contributed by atoms with Gasteiger partial charge in [0.2, 0.25) is 15.9 Å². The maximum Gasteiger partial charge on any atom is 0.417 e. The van der Waals surface area contributed by atoms with Crippen LogP contribution in [0.3, 0.4) is 0 Å². The lowest BCUT2D eigenvalue weighted by atomic mass is 10.2. The van der Waals surface area contributed by atoms with Gasteiger partial charge in [-0.3, -0.25) is 4.79 Å². The molecule has 0 saturated heterocycles. The van der Waals surface area contributed by atoms with E-state index in [0.29, 0.717) is 11.6 Å². The third kappa shape index (κ3) is 6.03. The van der Waals surface area contributed by atoms with Crippen LogP contribution in [0.1, 0.15) is 18.1 Å². The molecule has 0 aliphatic heterocycles. The van der Waals surface area contributed by atoms with Gasteiger partial charge in [0.15, 0.2) is 9.84 Å². The van der Waals surface area contributed by atoms with Crippen molar-refractivity contribution in [1.29, 1.82) is 0 Å². The molecule has 0 aliphatic carbocycles. The zero-order chi connectivity index (χ0) is 22.7. The van der Waals surface area contributed by atoms with Crippen LogP contribution in [0.5, 0.6) is 0 Å². The van der Waals surface area contributed by atoms with Crippen molar-refractivity contribution in [3.8, 4) is 0 Å². The topological polar surface area (TPSA) is 109 Å². The van der Waals surface area contributed by atoms with Gasteiger partial charge < -0.3 is 5.32 Å². The highest BCUT2D eigenvalue weighted by Crippen LogP contribution is 2.33. The molecule has 0 aliphatic rings. The van der Waals surface area contributed by atoms with Gasteiger partial charge in [-0.05, 0) is 36.8 Å². The number of rotatable bonds is 7. The van der Waals surface area contributed by atoms with E-state index in [1.54, 1.807) is 0 Å². The normalized spacial score (nSPS) is 13.6. The third-order valence-electron chi connectivity index (χ3n) is 4.03. The molecule has 0 radical (unpaired) electrons. The van der Waals surface area contributed by atoms with E-state index in [0.717, 1.165) is 24.5 Å². The highest BCUT2D eigenvalue weighted by molar-refractivity contribution is 7.90. The SMILES string of the molecule is C[C@H](NS(=O)(=O)c1ccccc1C(F)(F)F)C(=O)NCc1ccc(S(C)(=O)=O)cc1. The first-order chi connectivity index (χ1) is 13.7. The molecule has 2 aromatic carbocycles. The summed E-state index contributed by atoms with van der Waals surface area (Å²) in [6.45, 7) is 1.16. The fourth-order valence-corrected chi connectivity index (χ4v) is 4.54. The summed E-state index contributed by atoms with van der Waals surface area (Å²) in [5.74, 6) is -0.768. The maximum atomic E-state index is 13.1. The summed E-state index contributed by atoms with van der Waals surface area (Å²) in [7, 11) is -7.99. The molecule has 2 rings (SSSR count). The maximum absolute atomic E-state index is 13.1. The first-order valence-corrected chi connectivity index (χ1v) is 11.8. The molecule has 7 nitrogen and oxygen atoms in total. The van der Waals surface area contributed by atoms with Gasteiger partial charge in [0, 0.05) is 12.8 Å². The monoisotopic (exact) mass is 464 g/mol. The molecule has 0 unspecified atom stereocenters. The van der Waals surface area contributed by atoms with Gasteiger partial charge in [-0.25, -0.2) is 16.8 Å². The molecule has 0 bridgehead atoms. The lowest BCUT2D eigenvalue weighted by molar-refractivity contribution is -0.139. The Kier molecular flexibility index (Phi) is 6.94. The zero-order valence-electron chi connectivity index (χ0n) is 15.9. The molecule has 1 atom stereocenters. The van der Waals surface area contributed by atoms with E-state index in [9.17, 15) is 34.8 Å². The lowest BCUT2D eigenvalue weighted by Crippen LogP contribution is -2.44. The Bertz CT molecular complexity index is 1130. The van der Waals surface area contributed by atoms with Crippen molar-refractivity contribution < 1.29 is 34.8 Å². The van der Waals surface area contributed by atoms with Crippen molar-refractivity contribution in [2.75, 3.05) is 6.26 Å². The Morgan fingerprint density at radius 3 is 2.10 bits per heavy atom. The molecule has 0 heterocycles. The summed E-state index contributed by atoms with van der Waals surface area (Å²) < 4.78 is 88.8. The van der Waals surface area contributed by atoms with Crippen molar-refractivity contribution in [2.45, 2.75) is 35.5 Å². The van der Waals surface area contributed by atoms with Crippen LogP contribution >= 0.6 is 0 Å². The molecule has 2 N–H and O–H groups in total. The number of hydrogen-bond donors (Lipinski definition) is 2. The van der Waals surface area contributed by atoms with Crippen LogP contribution < -0.4 is 10.0 Å². The molecule has 164 valence electrons. The minimum atomic E-state index is -4.88. The molecule has 30 heavy (non-hydrogen) atoms. The highest BCUT2D eigenvalue weighted by Gasteiger charge is 2.37. The van der Waals surface area contributed by atoms with E-state index in [-0.39, 0.29) is 11.4 Å². The standard InChI is InChI=1S/C18H19F3N2O5S2/c1-12(17(24)22-11-13-7-9-14(10-8-13)29(2,25)26)23-30(27,28)16-6-4-3-5-15(16)18(19,20)21/h3-10,12,23H,11H2,1-2H3,(H,22,24)/t12-/m0/s1. The van der Waals surface area contributed by atoms with Gasteiger partial charge in [0.05, 0.1) is 21.4 Å². The van der Waals surface area contributed by atoms with Gasteiger partial charge in [-0.2, -0.15) is 17.9 Å². The van der Waals surface area contributed by atoms with E-state index in [2.05, 4.69) is 5.32 Å². The summed E-state index contributed by atoms with van der Waals surface area (Å²) in [5.41, 5.74) is -0.788. The van der Waals surface area contributed by atoms with Gasteiger partial charge in [-0.1, -0.05) is 24.3 Å². The van der Waals surface area contributed by atoms with Gasteiger partial charge in [0.25, 0.3) is 0 Å². The number of halogens is 3. The van der Waals surface area contributed by atoms with Crippen LogP contribution in [0.25, 0.3) is 0 Å². The predicted octanol–water partition coefficient (Wildman–Crippen LogP) is 2.09. The summed E-state index contributed by atoms with van der Waals surface area (Å²) in [6.07, 6.45) is -3.83. The Morgan fingerprint density at radius 2 is 1.57 bits per heavy atom. The zero-order valence-corrected chi connectivity index (χ0v) is 17.5. The second-order valence-corrected chi connectivity index (χ2v) is 10.2. The second kappa shape index (κ2) is 8.74. The van der Waals surface area contributed by atoms with E-state index in [4.69, 9.17) is 0 Å². The summed E-state index contributed by atoms with van der Waals surface area (Å²) in [6, 6.07) is 7.97. The fourth-order valence-electron chi connectivity index (χ4n) is 2.48. The number of carbonyl (C=O) groups is 1. The fraction of sp³-hybridized carbons (Fsp3) is 0.278. The lowest BCUT2D eigenvalue weighted by Gasteiger charge is -2.17. The number of sulfonamides is 1. The molecule has 1 amide bonds. The van der Waals surface area contributed by atoms with Crippen LogP contribution in [0.15, 0.2) is 58.3 Å². The van der Waals surface area contributed by atoms with Crippen molar-refractivity contribution in [1.82, 2.24) is 10.0 Å². The number of nitrogens with one attached hydrogen (secondary N) is 2. The molecule has 0 fully saturated rings.